The van der Waals surface area contributed by atoms with Gasteiger partial charge in [-0.2, -0.15) is 0 Å². The summed E-state index contributed by atoms with van der Waals surface area (Å²) in [6, 6.07) is 26.1. The molecular formula is C22H20N2O. The molecular weight excluding hydrogens is 308 g/mol. The molecule has 0 aliphatic carbocycles. The zero-order chi connectivity index (χ0) is 17.2. The Morgan fingerprint density at radius 1 is 0.880 bits per heavy atom. The molecule has 0 radical (unpaired) electrons. The van der Waals surface area contributed by atoms with Crippen LogP contribution in [0.2, 0.25) is 0 Å². The van der Waals surface area contributed by atoms with Crippen LogP contribution in [0.5, 0.6) is 0 Å². The van der Waals surface area contributed by atoms with Gasteiger partial charge in [-0.25, -0.2) is 4.98 Å². The normalized spacial score (nSPS) is 12.4. The van der Waals surface area contributed by atoms with E-state index in [0.29, 0.717) is 12.4 Å². The van der Waals surface area contributed by atoms with Crippen LogP contribution in [0.1, 0.15) is 28.6 Å². The lowest BCUT2D eigenvalue weighted by molar-refractivity contribution is 0.206. The molecule has 0 fully saturated rings. The van der Waals surface area contributed by atoms with E-state index in [2.05, 4.69) is 35.8 Å². The summed E-state index contributed by atoms with van der Waals surface area (Å²) in [4.78, 5) is 4.73. The van der Waals surface area contributed by atoms with Gasteiger partial charge < -0.3 is 9.67 Å². The molecule has 0 saturated carbocycles. The van der Waals surface area contributed by atoms with Gasteiger partial charge in [0.1, 0.15) is 11.9 Å². The Morgan fingerprint density at radius 2 is 1.56 bits per heavy atom. The van der Waals surface area contributed by atoms with E-state index in [0.717, 1.165) is 16.6 Å². The van der Waals surface area contributed by atoms with Gasteiger partial charge in [0.05, 0.1) is 11.0 Å². The molecule has 1 unspecified atom stereocenters. The maximum atomic E-state index is 10.9. The highest BCUT2D eigenvalue weighted by Gasteiger charge is 2.20. The fourth-order valence-corrected chi connectivity index (χ4v) is 3.21. The summed E-state index contributed by atoms with van der Waals surface area (Å²) < 4.78 is 2.12. The Morgan fingerprint density at radius 3 is 2.36 bits per heavy atom. The van der Waals surface area contributed by atoms with Crippen LogP contribution in [-0.4, -0.2) is 14.7 Å². The number of aryl methyl sites for hydroxylation is 1. The Balaban J connectivity index is 1.85. The molecule has 124 valence electrons. The van der Waals surface area contributed by atoms with Crippen LogP contribution in [0, 0.1) is 6.92 Å². The number of nitrogens with zero attached hydrogens (tertiary/aromatic N) is 2. The second-order valence-electron chi connectivity index (χ2n) is 6.28. The summed E-state index contributed by atoms with van der Waals surface area (Å²) >= 11 is 0. The highest BCUT2D eigenvalue weighted by atomic mass is 16.3. The quantitative estimate of drug-likeness (QED) is 0.600. The average molecular weight is 328 g/mol. The van der Waals surface area contributed by atoms with E-state index in [4.69, 9.17) is 4.98 Å². The van der Waals surface area contributed by atoms with E-state index >= 15 is 0 Å². The number of rotatable bonds is 4. The molecule has 4 aromatic rings. The molecule has 1 N–H and O–H groups in total. The van der Waals surface area contributed by atoms with Crippen molar-refractivity contribution >= 4 is 11.0 Å². The molecule has 0 amide bonds. The van der Waals surface area contributed by atoms with Crippen LogP contribution in [0.4, 0.5) is 0 Å². The van der Waals surface area contributed by atoms with Gasteiger partial charge in [0.2, 0.25) is 0 Å². The molecule has 0 spiro atoms. The molecule has 1 atom stereocenters. The third-order valence-electron chi connectivity index (χ3n) is 4.63. The Labute approximate surface area is 147 Å². The van der Waals surface area contributed by atoms with Crippen LogP contribution >= 0.6 is 0 Å². The van der Waals surface area contributed by atoms with Crippen molar-refractivity contribution in [2.75, 3.05) is 0 Å². The van der Waals surface area contributed by atoms with E-state index in [1.54, 1.807) is 0 Å². The summed E-state index contributed by atoms with van der Waals surface area (Å²) in [5.74, 6) is 0.677. The molecule has 4 rings (SSSR count). The second-order valence-corrected chi connectivity index (χ2v) is 6.28. The van der Waals surface area contributed by atoms with Crippen molar-refractivity contribution in [3.05, 3.63) is 101 Å². The lowest BCUT2D eigenvalue weighted by atomic mass is 10.1. The maximum absolute atomic E-state index is 10.9. The van der Waals surface area contributed by atoms with Gasteiger partial charge in [-0.3, -0.25) is 0 Å². The first-order valence-electron chi connectivity index (χ1n) is 8.47. The highest BCUT2D eigenvalue weighted by molar-refractivity contribution is 5.76. The Kier molecular flexibility index (Phi) is 4.08. The van der Waals surface area contributed by atoms with E-state index in [1.165, 1.54) is 11.1 Å². The minimum atomic E-state index is -0.752. The molecule has 3 nitrogen and oxygen atoms in total. The highest BCUT2D eigenvalue weighted by Crippen LogP contribution is 2.27. The van der Waals surface area contributed by atoms with Gasteiger partial charge in [0, 0.05) is 6.54 Å². The van der Waals surface area contributed by atoms with Crippen LogP contribution < -0.4 is 0 Å². The van der Waals surface area contributed by atoms with Crippen molar-refractivity contribution in [1.82, 2.24) is 9.55 Å². The third-order valence-corrected chi connectivity index (χ3v) is 4.63. The minimum Gasteiger partial charge on any atom is -0.380 e. The monoisotopic (exact) mass is 328 g/mol. The maximum Gasteiger partial charge on any atom is 0.143 e. The zero-order valence-electron chi connectivity index (χ0n) is 14.1. The fourth-order valence-electron chi connectivity index (χ4n) is 3.21. The molecule has 1 heterocycles. The van der Waals surface area contributed by atoms with Crippen molar-refractivity contribution in [2.45, 2.75) is 19.6 Å². The first-order valence-corrected chi connectivity index (χ1v) is 8.47. The van der Waals surface area contributed by atoms with Crippen molar-refractivity contribution < 1.29 is 5.11 Å². The number of aliphatic hydroxyl groups is 1. The standard InChI is InChI=1S/C22H20N2O/c1-16-9-5-6-12-18(16)15-24-20-14-8-7-13-19(20)23-22(24)21(25)17-10-3-2-4-11-17/h2-14,21,25H,15H2,1H3. The molecule has 25 heavy (non-hydrogen) atoms. The van der Waals surface area contributed by atoms with Crippen molar-refractivity contribution in [3.63, 3.8) is 0 Å². The summed E-state index contributed by atoms with van der Waals surface area (Å²) in [5.41, 5.74) is 5.26. The molecule has 0 bridgehead atoms. The molecule has 0 aliphatic rings. The summed E-state index contributed by atoms with van der Waals surface area (Å²) in [6.45, 7) is 2.80. The smallest absolute Gasteiger partial charge is 0.143 e. The van der Waals surface area contributed by atoms with Gasteiger partial charge in [-0.1, -0.05) is 66.7 Å². The Bertz CT molecular complexity index is 1000. The summed E-state index contributed by atoms with van der Waals surface area (Å²) in [7, 11) is 0. The van der Waals surface area contributed by atoms with Gasteiger partial charge in [-0.15, -0.1) is 0 Å². The van der Waals surface area contributed by atoms with E-state index in [-0.39, 0.29) is 0 Å². The number of para-hydroxylation sites is 2. The van der Waals surface area contributed by atoms with Crippen molar-refractivity contribution in [1.29, 1.82) is 0 Å². The lowest BCUT2D eigenvalue weighted by Crippen LogP contribution is -2.11. The van der Waals surface area contributed by atoms with Crippen molar-refractivity contribution in [3.8, 4) is 0 Å². The second kappa shape index (κ2) is 6.54. The number of aromatic nitrogens is 2. The first-order chi connectivity index (χ1) is 12.2. The van der Waals surface area contributed by atoms with E-state index in [9.17, 15) is 5.11 Å². The summed E-state index contributed by atoms with van der Waals surface area (Å²) in [6.07, 6.45) is -0.752. The Hall–Kier alpha value is -2.91. The first kappa shape index (κ1) is 15.6. The molecule has 3 heteroatoms. The number of imidazole rings is 1. The predicted octanol–water partition coefficient (Wildman–Crippen LogP) is 4.47. The molecule has 0 aliphatic heterocycles. The fraction of sp³-hybridized carbons (Fsp3) is 0.136. The molecule has 3 aromatic carbocycles. The van der Waals surface area contributed by atoms with Crippen LogP contribution in [0.3, 0.4) is 0 Å². The zero-order valence-corrected chi connectivity index (χ0v) is 14.1. The number of benzene rings is 3. The number of hydrogen-bond acceptors (Lipinski definition) is 2. The lowest BCUT2D eigenvalue weighted by Gasteiger charge is -2.15. The molecule has 1 aromatic heterocycles. The third kappa shape index (κ3) is 2.94. The van der Waals surface area contributed by atoms with E-state index < -0.39 is 6.10 Å². The van der Waals surface area contributed by atoms with Gasteiger partial charge in [-0.05, 0) is 35.7 Å². The topological polar surface area (TPSA) is 38.0 Å². The number of aliphatic hydroxyl groups excluding tert-OH is 1. The average Bonchev–Trinajstić information content (AvgIpc) is 3.02. The van der Waals surface area contributed by atoms with Crippen LogP contribution in [-0.2, 0) is 6.54 Å². The van der Waals surface area contributed by atoms with Crippen molar-refractivity contribution in [2.24, 2.45) is 0 Å². The van der Waals surface area contributed by atoms with Gasteiger partial charge in [0.25, 0.3) is 0 Å². The van der Waals surface area contributed by atoms with Crippen LogP contribution in [0.15, 0.2) is 78.9 Å². The van der Waals surface area contributed by atoms with Crippen LogP contribution in [0.25, 0.3) is 11.0 Å². The van der Waals surface area contributed by atoms with Gasteiger partial charge in [0.15, 0.2) is 0 Å². The largest absolute Gasteiger partial charge is 0.380 e. The van der Waals surface area contributed by atoms with E-state index in [1.807, 2.05) is 54.6 Å². The number of fused-ring (bicyclic) bond motifs is 1. The minimum absolute atomic E-state index is 0.677. The SMILES string of the molecule is Cc1ccccc1Cn1c(C(O)c2ccccc2)nc2ccccc21. The number of hydrogen-bond donors (Lipinski definition) is 1. The molecule has 0 saturated heterocycles. The van der Waals surface area contributed by atoms with Gasteiger partial charge >= 0.3 is 0 Å². The summed E-state index contributed by atoms with van der Waals surface area (Å²) in [5, 5.41) is 10.9. The predicted molar refractivity (Wildman–Crippen MR) is 101 cm³/mol.